The first kappa shape index (κ1) is 13.9. The van der Waals surface area contributed by atoms with E-state index in [1.807, 2.05) is 38.1 Å². The summed E-state index contributed by atoms with van der Waals surface area (Å²) in [6.07, 6.45) is 0. The van der Waals surface area contributed by atoms with E-state index < -0.39 is 0 Å². The van der Waals surface area contributed by atoms with Crippen LogP contribution in [0.4, 0.5) is 4.79 Å². The number of rotatable bonds is 4. The van der Waals surface area contributed by atoms with E-state index in [-0.39, 0.29) is 23.7 Å². The number of hydrogen-bond acceptors (Lipinski definition) is 3. The fraction of sp³-hybridized carbons (Fsp3) is 0.429. The summed E-state index contributed by atoms with van der Waals surface area (Å²) in [7, 11) is 0. The van der Waals surface area contributed by atoms with E-state index >= 15 is 0 Å². The molecule has 4 nitrogen and oxygen atoms in total. The summed E-state index contributed by atoms with van der Waals surface area (Å²) in [5.41, 5.74) is 2.26. The SMILES string of the molecule is Cc1ccccc1[C@H](C)NC(=O)CN1CCSC1=O. The van der Waals surface area contributed by atoms with Crippen molar-refractivity contribution in [2.24, 2.45) is 0 Å². The minimum atomic E-state index is -0.105. The van der Waals surface area contributed by atoms with Gasteiger partial charge in [-0.2, -0.15) is 0 Å². The van der Waals surface area contributed by atoms with Gasteiger partial charge in [0, 0.05) is 12.3 Å². The molecular formula is C14H18N2O2S. The number of amides is 2. The zero-order valence-corrected chi connectivity index (χ0v) is 12.0. The van der Waals surface area contributed by atoms with Crippen LogP contribution in [0.25, 0.3) is 0 Å². The van der Waals surface area contributed by atoms with Crippen LogP contribution in [0.1, 0.15) is 24.1 Å². The van der Waals surface area contributed by atoms with Gasteiger partial charge < -0.3 is 10.2 Å². The number of thioether (sulfide) groups is 1. The third-order valence-electron chi connectivity index (χ3n) is 3.21. The first-order valence-corrected chi connectivity index (χ1v) is 7.33. The molecule has 0 spiro atoms. The monoisotopic (exact) mass is 278 g/mol. The standard InChI is InChI=1S/C14H18N2O2S/c1-10-5-3-4-6-12(10)11(2)15-13(17)9-16-7-8-19-14(16)18/h3-6,11H,7-9H2,1-2H3,(H,15,17)/t11-/m0/s1. The highest BCUT2D eigenvalue weighted by molar-refractivity contribution is 8.13. The first-order valence-electron chi connectivity index (χ1n) is 6.34. The maximum absolute atomic E-state index is 11.9. The molecule has 2 amide bonds. The smallest absolute Gasteiger partial charge is 0.282 e. The van der Waals surface area contributed by atoms with Crippen molar-refractivity contribution in [3.8, 4) is 0 Å². The maximum atomic E-state index is 11.9. The highest BCUT2D eigenvalue weighted by Crippen LogP contribution is 2.18. The van der Waals surface area contributed by atoms with Crippen molar-refractivity contribution in [3.05, 3.63) is 35.4 Å². The molecule has 1 aromatic carbocycles. The third kappa shape index (κ3) is 3.50. The van der Waals surface area contributed by atoms with Gasteiger partial charge in [-0.25, -0.2) is 0 Å². The lowest BCUT2D eigenvalue weighted by Gasteiger charge is -2.19. The van der Waals surface area contributed by atoms with Crippen LogP contribution in [0.15, 0.2) is 24.3 Å². The maximum Gasteiger partial charge on any atom is 0.282 e. The Morgan fingerprint density at radius 2 is 2.21 bits per heavy atom. The quantitative estimate of drug-likeness (QED) is 0.919. The van der Waals surface area contributed by atoms with Crippen LogP contribution in [0, 0.1) is 6.92 Å². The Kier molecular flexibility index (Phi) is 4.47. The van der Waals surface area contributed by atoms with Crippen LogP contribution >= 0.6 is 11.8 Å². The van der Waals surface area contributed by atoms with Crippen molar-refractivity contribution in [3.63, 3.8) is 0 Å². The number of carbonyl (C=O) groups excluding carboxylic acids is 2. The Morgan fingerprint density at radius 3 is 2.84 bits per heavy atom. The zero-order valence-electron chi connectivity index (χ0n) is 11.2. The van der Waals surface area contributed by atoms with Gasteiger partial charge in [-0.05, 0) is 25.0 Å². The predicted molar refractivity (Wildman–Crippen MR) is 77.2 cm³/mol. The van der Waals surface area contributed by atoms with Crippen LogP contribution in [0.5, 0.6) is 0 Å². The molecule has 102 valence electrons. The van der Waals surface area contributed by atoms with Gasteiger partial charge in [0.25, 0.3) is 5.24 Å². The lowest BCUT2D eigenvalue weighted by molar-refractivity contribution is -0.122. The number of benzene rings is 1. The van der Waals surface area contributed by atoms with Gasteiger partial charge in [0.05, 0.1) is 6.04 Å². The molecule has 1 fully saturated rings. The topological polar surface area (TPSA) is 49.4 Å². The number of carbonyl (C=O) groups is 2. The van der Waals surface area contributed by atoms with E-state index in [9.17, 15) is 9.59 Å². The summed E-state index contributed by atoms with van der Waals surface area (Å²) in [5.74, 6) is 0.672. The predicted octanol–water partition coefficient (Wildman–Crippen LogP) is 2.34. The van der Waals surface area contributed by atoms with E-state index in [2.05, 4.69) is 5.32 Å². The molecule has 0 saturated carbocycles. The van der Waals surface area contributed by atoms with Gasteiger partial charge in [-0.3, -0.25) is 9.59 Å². The average molecular weight is 278 g/mol. The van der Waals surface area contributed by atoms with Gasteiger partial charge in [0.15, 0.2) is 0 Å². The molecule has 0 radical (unpaired) electrons. The van der Waals surface area contributed by atoms with E-state index in [1.54, 1.807) is 4.90 Å². The molecule has 0 aliphatic carbocycles. The second kappa shape index (κ2) is 6.10. The lowest BCUT2D eigenvalue weighted by atomic mass is 10.0. The zero-order chi connectivity index (χ0) is 13.8. The van der Waals surface area contributed by atoms with Gasteiger partial charge in [-0.15, -0.1) is 0 Å². The van der Waals surface area contributed by atoms with E-state index in [0.29, 0.717) is 6.54 Å². The second-order valence-electron chi connectivity index (χ2n) is 4.68. The molecule has 1 aliphatic heterocycles. The summed E-state index contributed by atoms with van der Waals surface area (Å²) >= 11 is 1.27. The Bertz CT molecular complexity index is 490. The molecule has 1 heterocycles. The van der Waals surface area contributed by atoms with Gasteiger partial charge in [0.1, 0.15) is 6.54 Å². The molecule has 1 aliphatic rings. The van der Waals surface area contributed by atoms with E-state index in [1.165, 1.54) is 11.8 Å². The number of nitrogens with zero attached hydrogens (tertiary/aromatic N) is 1. The minimum absolute atomic E-state index is 0.00121. The molecule has 1 aromatic rings. The van der Waals surface area contributed by atoms with Crippen LogP contribution in [-0.2, 0) is 4.79 Å². The molecule has 0 bridgehead atoms. The highest BCUT2D eigenvalue weighted by atomic mass is 32.2. The van der Waals surface area contributed by atoms with Crippen molar-refractivity contribution >= 4 is 22.9 Å². The van der Waals surface area contributed by atoms with Gasteiger partial charge in [-0.1, -0.05) is 36.0 Å². The molecule has 0 unspecified atom stereocenters. The summed E-state index contributed by atoms with van der Waals surface area (Å²) in [6.45, 7) is 4.80. The van der Waals surface area contributed by atoms with Crippen LogP contribution in [0.2, 0.25) is 0 Å². The molecule has 1 atom stereocenters. The lowest BCUT2D eigenvalue weighted by Crippen LogP contribution is -2.38. The second-order valence-corrected chi connectivity index (χ2v) is 5.73. The minimum Gasteiger partial charge on any atom is -0.348 e. The number of aryl methyl sites for hydroxylation is 1. The van der Waals surface area contributed by atoms with Crippen LogP contribution < -0.4 is 5.32 Å². The fourth-order valence-electron chi connectivity index (χ4n) is 2.18. The molecule has 2 rings (SSSR count). The molecule has 1 N–H and O–H groups in total. The van der Waals surface area contributed by atoms with Crippen LogP contribution in [0.3, 0.4) is 0 Å². The molecule has 0 aromatic heterocycles. The van der Waals surface area contributed by atoms with Crippen molar-refractivity contribution < 1.29 is 9.59 Å². The van der Waals surface area contributed by atoms with Crippen molar-refractivity contribution in [2.45, 2.75) is 19.9 Å². The van der Waals surface area contributed by atoms with Crippen molar-refractivity contribution in [1.29, 1.82) is 0 Å². The first-order chi connectivity index (χ1) is 9.08. The number of hydrogen-bond donors (Lipinski definition) is 1. The third-order valence-corrected chi connectivity index (χ3v) is 4.10. The summed E-state index contributed by atoms with van der Waals surface area (Å²) in [6, 6.07) is 7.94. The Hall–Kier alpha value is -1.49. The number of nitrogens with one attached hydrogen (secondary N) is 1. The average Bonchev–Trinajstić information content (AvgIpc) is 2.75. The van der Waals surface area contributed by atoms with E-state index in [4.69, 9.17) is 0 Å². The largest absolute Gasteiger partial charge is 0.348 e. The summed E-state index contributed by atoms with van der Waals surface area (Å²) < 4.78 is 0. The summed E-state index contributed by atoms with van der Waals surface area (Å²) in [5, 5.41) is 2.94. The fourth-order valence-corrected chi connectivity index (χ4v) is 3.00. The summed E-state index contributed by atoms with van der Waals surface area (Å²) in [4.78, 5) is 24.9. The van der Waals surface area contributed by atoms with E-state index in [0.717, 1.165) is 16.9 Å². The Labute approximate surface area is 117 Å². The molecule has 1 saturated heterocycles. The molecule has 19 heavy (non-hydrogen) atoms. The molecular weight excluding hydrogens is 260 g/mol. The van der Waals surface area contributed by atoms with Gasteiger partial charge >= 0.3 is 0 Å². The van der Waals surface area contributed by atoms with Crippen molar-refractivity contribution in [1.82, 2.24) is 10.2 Å². The van der Waals surface area contributed by atoms with Crippen LogP contribution in [-0.4, -0.2) is 34.9 Å². The van der Waals surface area contributed by atoms with Gasteiger partial charge in [0.2, 0.25) is 5.91 Å². The molecule has 5 heteroatoms. The normalized spacial score (nSPS) is 16.5. The Morgan fingerprint density at radius 1 is 1.47 bits per heavy atom. The Balaban J connectivity index is 1.92. The van der Waals surface area contributed by atoms with Crippen molar-refractivity contribution in [2.75, 3.05) is 18.8 Å². The highest BCUT2D eigenvalue weighted by Gasteiger charge is 2.23.